The molecule has 2 aromatic rings. The zero-order valence-corrected chi connectivity index (χ0v) is 15.6. The van der Waals surface area contributed by atoms with Crippen LogP contribution in [0.1, 0.15) is 6.42 Å². The predicted octanol–water partition coefficient (Wildman–Crippen LogP) is 2.62. The minimum absolute atomic E-state index is 0. The normalized spacial score (nSPS) is 18.0. The van der Waals surface area contributed by atoms with Crippen LogP contribution in [-0.2, 0) is 6.67 Å². The van der Waals surface area contributed by atoms with E-state index in [4.69, 9.17) is 26.1 Å². The van der Waals surface area contributed by atoms with Gasteiger partial charge < -0.3 is 18.8 Å². The predicted molar refractivity (Wildman–Crippen MR) is 97.8 cm³/mol. The monoisotopic (exact) mass is 384 g/mol. The number of nitrogens with zero attached hydrogens (tertiary/aromatic N) is 4. The molecule has 0 spiro atoms. The summed E-state index contributed by atoms with van der Waals surface area (Å²) in [4.78, 5) is 5.09. The Morgan fingerprint density at radius 3 is 2.84 bits per heavy atom. The molecule has 7 nitrogen and oxygen atoms in total. The minimum Gasteiger partial charge on any atom is -0.454 e. The molecule has 1 saturated heterocycles. The number of aromatic nitrogens is 2. The van der Waals surface area contributed by atoms with Gasteiger partial charge in [-0.3, -0.25) is 4.90 Å². The van der Waals surface area contributed by atoms with Gasteiger partial charge in [-0.25, -0.2) is 4.68 Å². The van der Waals surface area contributed by atoms with Gasteiger partial charge in [-0.05, 0) is 50.4 Å². The number of benzene rings is 1. The molecule has 0 bridgehead atoms. The lowest BCUT2D eigenvalue weighted by molar-refractivity contribution is 0.174. The van der Waals surface area contributed by atoms with Crippen LogP contribution in [0.3, 0.4) is 0 Å². The number of rotatable bonds is 3. The second-order valence-electron chi connectivity index (χ2n) is 6.16. The van der Waals surface area contributed by atoms with E-state index in [2.05, 4.69) is 21.9 Å². The first-order chi connectivity index (χ1) is 11.7. The van der Waals surface area contributed by atoms with Crippen molar-refractivity contribution in [3.05, 3.63) is 23.0 Å². The number of fused-ring (bicyclic) bond motifs is 1. The summed E-state index contributed by atoms with van der Waals surface area (Å²) >= 11 is 5.34. The van der Waals surface area contributed by atoms with Crippen molar-refractivity contribution in [1.82, 2.24) is 19.6 Å². The second kappa shape index (κ2) is 7.74. The van der Waals surface area contributed by atoms with E-state index < -0.39 is 0 Å². The summed E-state index contributed by atoms with van der Waals surface area (Å²) in [6.45, 7) is 5.13. The van der Waals surface area contributed by atoms with E-state index in [-0.39, 0.29) is 19.2 Å². The molecule has 4 rings (SSSR count). The first-order valence-corrected chi connectivity index (χ1v) is 8.49. The lowest BCUT2D eigenvalue weighted by atomic mass is 10.2. The molecule has 136 valence electrons. The van der Waals surface area contributed by atoms with Crippen LogP contribution < -0.4 is 9.47 Å². The van der Waals surface area contributed by atoms with Crippen molar-refractivity contribution in [3.63, 3.8) is 0 Å². The fourth-order valence-electron chi connectivity index (χ4n) is 2.97. The van der Waals surface area contributed by atoms with E-state index in [9.17, 15) is 0 Å². The molecule has 0 aliphatic carbocycles. The highest BCUT2D eigenvalue weighted by molar-refractivity contribution is 7.71. The highest BCUT2D eigenvalue weighted by Crippen LogP contribution is 2.35. The third-order valence-electron chi connectivity index (χ3n) is 4.37. The fraction of sp³-hybridized carbons (Fsp3) is 0.500. The van der Waals surface area contributed by atoms with Crippen LogP contribution in [-0.4, -0.2) is 59.6 Å². The Morgan fingerprint density at radius 1 is 1.12 bits per heavy atom. The highest BCUT2D eigenvalue weighted by atomic mass is 35.5. The highest BCUT2D eigenvalue weighted by Gasteiger charge is 2.18. The standard InChI is InChI=1S/C16H20N4O3S.ClH/c1-18-5-2-6-19(8-7-18)10-20-16(24)23-15(17-20)12-3-4-13-14(9-12)22-11-21-13;/h3-4,9H,2,5-8,10-11H2,1H3;1H. The topological polar surface area (TPSA) is 55.9 Å². The number of halogens is 1. The smallest absolute Gasteiger partial charge is 0.288 e. The van der Waals surface area contributed by atoms with Gasteiger partial charge in [0.1, 0.15) is 0 Å². The van der Waals surface area contributed by atoms with Crippen molar-refractivity contribution >= 4 is 24.6 Å². The third-order valence-corrected chi connectivity index (χ3v) is 4.67. The van der Waals surface area contributed by atoms with Gasteiger partial charge in [-0.2, -0.15) is 0 Å². The first-order valence-electron chi connectivity index (χ1n) is 8.08. The van der Waals surface area contributed by atoms with Gasteiger partial charge >= 0.3 is 0 Å². The fourth-order valence-corrected chi connectivity index (χ4v) is 3.15. The van der Waals surface area contributed by atoms with E-state index in [0.717, 1.165) is 43.9 Å². The van der Waals surface area contributed by atoms with Crippen molar-refractivity contribution < 1.29 is 13.9 Å². The molecule has 0 N–H and O–H groups in total. The molecule has 0 saturated carbocycles. The molecule has 0 radical (unpaired) electrons. The lowest BCUT2D eigenvalue weighted by Crippen LogP contribution is -2.31. The van der Waals surface area contributed by atoms with Gasteiger partial charge in [0.05, 0.1) is 6.67 Å². The van der Waals surface area contributed by atoms with Gasteiger partial charge in [0.25, 0.3) is 4.84 Å². The molecular weight excluding hydrogens is 364 g/mol. The van der Waals surface area contributed by atoms with E-state index in [1.54, 1.807) is 4.68 Å². The van der Waals surface area contributed by atoms with Crippen molar-refractivity contribution in [2.75, 3.05) is 40.0 Å². The Kier molecular flexibility index (Phi) is 5.63. The Balaban J connectivity index is 0.00000182. The van der Waals surface area contributed by atoms with Crippen LogP contribution in [0.4, 0.5) is 0 Å². The number of likely N-dealkylation sites (N-methyl/N-ethyl adjacent to an activating group) is 1. The maximum absolute atomic E-state index is 5.69. The van der Waals surface area contributed by atoms with Crippen molar-refractivity contribution in [2.24, 2.45) is 0 Å². The molecule has 0 atom stereocenters. The lowest BCUT2D eigenvalue weighted by Gasteiger charge is -2.19. The van der Waals surface area contributed by atoms with Crippen LogP contribution in [0.2, 0.25) is 0 Å². The molecule has 0 amide bonds. The zero-order valence-electron chi connectivity index (χ0n) is 14.0. The Morgan fingerprint density at radius 2 is 1.96 bits per heavy atom. The van der Waals surface area contributed by atoms with Crippen LogP contribution in [0, 0.1) is 4.84 Å². The molecule has 2 aliphatic rings. The van der Waals surface area contributed by atoms with E-state index >= 15 is 0 Å². The maximum atomic E-state index is 5.69. The van der Waals surface area contributed by atoms with Crippen LogP contribution >= 0.6 is 24.6 Å². The summed E-state index contributed by atoms with van der Waals surface area (Å²) in [7, 11) is 2.16. The Hall–Kier alpha value is -1.61. The number of hydrogen-bond donors (Lipinski definition) is 0. The summed E-state index contributed by atoms with van der Waals surface area (Å²) in [6, 6.07) is 5.63. The quantitative estimate of drug-likeness (QED) is 0.754. The molecule has 1 aromatic heterocycles. The van der Waals surface area contributed by atoms with Gasteiger partial charge in [0.15, 0.2) is 11.5 Å². The average molecular weight is 385 g/mol. The molecule has 1 aromatic carbocycles. The van der Waals surface area contributed by atoms with Crippen LogP contribution in [0.25, 0.3) is 11.5 Å². The van der Waals surface area contributed by atoms with Crippen LogP contribution in [0.15, 0.2) is 22.6 Å². The maximum Gasteiger partial charge on any atom is 0.288 e. The van der Waals surface area contributed by atoms with E-state index in [1.165, 1.54) is 0 Å². The molecule has 3 heterocycles. The van der Waals surface area contributed by atoms with Gasteiger partial charge in [0, 0.05) is 25.2 Å². The molecule has 25 heavy (non-hydrogen) atoms. The molecule has 9 heteroatoms. The number of ether oxygens (including phenoxy) is 2. The minimum atomic E-state index is 0. The molecule has 2 aliphatic heterocycles. The van der Waals surface area contributed by atoms with Crippen molar-refractivity contribution in [1.29, 1.82) is 0 Å². The summed E-state index contributed by atoms with van der Waals surface area (Å²) in [5.41, 5.74) is 0.833. The molecule has 1 fully saturated rings. The van der Waals surface area contributed by atoms with Gasteiger partial charge in [-0.15, -0.1) is 17.5 Å². The summed E-state index contributed by atoms with van der Waals surface area (Å²) in [5, 5.41) is 4.54. The number of hydrogen-bond acceptors (Lipinski definition) is 7. The third kappa shape index (κ3) is 3.98. The summed E-state index contributed by atoms with van der Waals surface area (Å²) in [5.74, 6) is 1.95. The SMILES string of the molecule is CN1CCCN(Cn2nc(-c3ccc4c(c3)OCO4)oc2=S)CC1.Cl. The Labute approximate surface area is 157 Å². The largest absolute Gasteiger partial charge is 0.454 e. The summed E-state index contributed by atoms with van der Waals surface area (Å²) in [6.07, 6.45) is 1.15. The molecular formula is C16H21ClN4O3S. The molecule has 0 unspecified atom stereocenters. The summed E-state index contributed by atoms with van der Waals surface area (Å²) < 4.78 is 18.2. The van der Waals surface area contributed by atoms with Crippen molar-refractivity contribution in [3.8, 4) is 23.0 Å². The van der Waals surface area contributed by atoms with Crippen molar-refractivity contribution in [2.45, 2.75) is 13.1 Å². The van der Waals surface area contributed by atoms with E-state index in [1.807, 2.05) is 18.2 Å². The zero-order chi connectivity index (χ0) is 16.5. The van der Waals surface area contributed by atoms with Crippen LogP contribution in [0.5, 0.6) is 11.5 Å². The first kappa shape index (κ1) is 18.2. The van der Waals surface area contributed by atoms with Gasteiger partial charge in [-0.1, -0.05) is 0 Å². The Bertz CT molecular complexity index is 794. The van der Waals surface area contributed by atoms with E-state index in [0.29, 0.717) is 23.1 Å². The second-order valence-corrected chi connectivity index (χ2v) is 6.51. The average Bonchev–Trinajstić information content (AvgIpc) is 3.12. The van der Waals surface area contributed by atoms with Gasteiger partial charge in [0.2, 0.25) is 12.7 Å².